The summed E-state index contributed by atoms with van der Waals surface area (Å²) in [6, 6.07) is 4.47. The Morgan fingerprint density at radius 1 is 1.29 bits per heavy atom. The van der Waals surface area contributed by atoms with Gasteiger partial charge in [0.2, 0.25) is 0 Å². The molecule has 0 bridgehead atoms. The molecular weight excluding hydrogens is 282 g/mol. The Kier molecular flexibility index (Phi) is 3.40. The second kappa shape index (κ2) is 5.54. The van der Waals surface area contributed by atoms with Crippen LogP contribution in [-0.4, -0.2) is 31.0 Å². The maximum atomic E-state index is 4.78. The molecule has 0 N–H and O–H groups in total. The zero-order valence-corrected chi connectivity index (χ0v) is 12.5. The number of likely N-dealkylation sites (tertiary alicyclic amines) is 1. The van der Waals surface area contributed by atoms with E-state index in [1.807, 2.05) is 28.5 Å². The molecule has 4 heterocycles. The molecule has 108 valence electrons. The topological polar surface area (TPSA) is 46.3 Å². The van der Waals surface area contributed by atoms with Crippen LogP contribution in [0.1, 0.15) is 35.9 Å². The third kappa shape index (κ3) is 2.56. The van der Waals surface area contributed by atoms with Gasteiger partial charge >= 0.3 is 0 Å². The lowest BCUT2D eigenvalue weighted by atomic mass is 9.99. The van der Waals surface area contributed by atoms with Crippen LogP contribution in [0.3, 0.4) is 0 Å². The summed E-state index contributed by atoms with van der Waals surface area (Å²) in [5.41, 5.74) is 3.99. The Balaban J connectivity index is 1.63. The molecule has 1 fully saturated rings. The van der Waals surface area contributed by atoms with E-state index < -0.39 is 0 Å². The van der Waals surface area contributed by atoms with Crippen LogP contribution in [0, 0.1) is 0 Å². The molecule has 0 spiro atoms. The lowest BCUT2D eigenvalue weighted by Crippen LogP contribution is -2.33. The number of aromatic nitrogens is 4. The fourth-order valence-electron chi connectivity index (χ4n) is 3.05. The highest BCUT2D eigenvalue weighted by molar-refractivity contribution is 7.09. The van der Waals surface area contributed by atoms with Crippen LogP contribution >= 0.6 is 11.3 Å². The minimum Gasteiger partial charge on any atom is -0.290 e. The van der Waals surface area contributed by atoms with E-state index in [2.05, 4.69) is 21.0 Å². The molecule has 5 nitrogen and oxygen atoms in total. The Labute approximate surface area is 127 Å². The van der Waals surface area contributed by atoms with Gasteiger partial charge < -0.3 is 0 Å². The van der Waals surface area contributed by atoms with Crippen LogP contribution in [0.15, 0.2) is 36.2 Å². The monoisotopic (exact) mass is 299 g/mol. The number of thiazole rings is 1. The standard InChI is InChI=1S/C15H17N5S/c1-2-7-19(10-12-9-16-11-21-12)14(3-1)13-5-8-20-15(18-13)4-6-17-20/h4-6,8-9,11,14H,1-3,7,10H2. The molecule has 3 aromatic heterocycles. The molecule has 1 saturated heterocycles. The highest BCUT2D eigenvalue weighted by Crippen LogP contribution is 2.31. The third-order valence-corrected chi connectivity index (χ3v) is 4.84. The van der Waals surface area contributed by atoms with Gasteiger partial charge in [0.15, 0.2) is 5.65 Å². The van der Waals surface area contributed by atoms with E-state index in [9.17, 15) is 0 Å². The summed E-state index contributed by atoms with van der Waals surface area (Å²) in [4.78, 5) is 12.8. The molecule has 6 heteroatoms. The van der Waals surface area contributed by atoms with Gasteiger partial charge in [-0.05, 0) is 25.5 Å². The molecule has 4 rings (SSSR count). The lowest BCUT2D eigenvalue weighted by molar-refractivity contribution is 0.138. The number of piperidine rings is 1. The molecule has 21 heavy (non-hydrogen) atoms. The molecule has 1 unspecified atom stereocenters. The summed E-state index contributed by atoms with van der Waals surface area (Å²) < 4.78 is 1.82. The Bertz CT molecular complexity index is 721. The maximum absolute atomic E-state index is 4.78. The molecule has 1 atom stereocenters. The SMILES string of the molecule is c1cc2nc(C3CCCCN3Cc3cncs3)ccn2n1. The number of hydrogen-bond donors (Lipinski definition) is 0. The van der Waals surface area contributed by atoms with Gasteiger partial charge in [-0.25, -0.2) is 9.50 Å². The molecule has 0 aliphatic carbocycles. The zero-order valence-electron chi connectivity index (χ0n) is 11.7. The summed E-state index contributed by atoms with van der Waals surface area (Å²) in [6.07, 6.45) is 9.50. The van der Waals surface area contributed by atoms with Crippen LogP contribution in [0.5, 0.6) is 0 Å². The number of rotatable bonds is 3. The first-order chi connectivity index (χ1) is 10.4. The number of nitrogens with zero attached hydrogens (tertiary/aromatic N) is 5. The number of hydrogen-bond acceptors (Lipinski definition) is 5. The van der Waals surface area contributed by atoms with Crippen molar-refractivity contribution in [2.75, 3.05) is 6.54 Å². The summed E-state index contributed by atoms with van der Waals surface area (Å²) >= 11 is 1.73. The first-order valence-electron chi connectivity index (χ1n) is 7.32. The second-order valence-electron chi connectivity index (χ2n) is 5.44. The third-order valence-electron chi connectivity index (χ3n) is 4.08. The first-order valence-corrected chi connectivity index (χ1v) is 8.20. The van der Waals surface area contributed by atoms with E-state index in [0.717, 1.165) is 24.4 Å². The Hall–Kier alpha value is -1.79. The predicted octanol–water partition coefficient (Wildman–Crippen LogP) is 2.91. The van der Waals surface area contributed by atoms with Gasteiger partial charge in [0.05, 0.1) is 23.4 Å². The van der Waals surface area contributed by atoms with Crippen molar-refractivity contribution in [1.82, 2.24) is 24.5 Å². The highest BCUT2D eigenvalue weighted by atomic mass is 32.1. The van der Waals surface area contributed by atoms with Gasteiger partial charge in [0.1, 0.15) is 0 Å². The molecule has 0 saturated carbocycles. The van der Waals surface area contributed by atoms with Crippen molar-refractivity contribution in [1.29, 1.82) is 0 Å². The summed E-state index contributed by atoms with van der Waals surface area (Å²) in [5, 5.41) is 4.22. The van der Waals surface area contributed by atoms with Crippen LogP contribution in [0.4, 0.5) is 0 Å². The molecule has 0 radical (unpaired) electrons. The molecule has 1 aliphatic heterocycles. The number of fused-ring (bicyclic) bond motifs is 1. The van der Waals surface area contributed by atoms with Crippen molar-refractivity contribution >= 4 is 17.0 Å². The zero-order chi connectivity index (χ0) is 14.1. The van der Waals surface area contributed by atoms with Crippen molar-refractivity contribution < 1.29 is 0 Å². The van der Waals surface area contributed by atoms with Gasteiger partial charge in [-0.3, -0.25) is 9.88 Å². The van der Waals surface area contributed by atoms with Crippen LogP contribution in [0.2, 0.25) is 0 Å². The highest BCUT2D eigenvalue weighted by Gasteiger charge is 2.25. The van der Waals surface area contributed by atoms with Gasteiger partial charge in [-0.2, -0.15) is 5.10 Å². The largest absolute Gasteiger partial charge is 0.290 e. The van der Waals surface area contributed by atoms with Crippen molar-refractivity contribution in [2.24, 2.45) is 0 Å². The van der Waals surface area contributed by atoms with E-state index in [1.165, 1.54) is 24.1 Å². The van der Waals surface area contributed by atoms with E-state index >= 15 is 0 Å². The second-order valence-corrected chi connectivity index (χ2v) is 6.41. The van der Waals surface area contributed by atoms with E-state index in [0.29, 0.717) is 6.04 Å². The molecule has 0 amide bonds. The molecular formula is C15H17N5S. The summed E-state index contributed by atoms with van der Waals surface area (Å²) in [6.45, 7) is 2.11. The van der Waals surface area contributed by atoms with Crippen LogP contribution in [-0.2, 0) is 6.54 Å². The van der Waals surface area contributed by atoms with Crippen molar-refractivity contribution in [3.05, 3.63) is 46.8 Å². The average molecular weight is 299 g/mol. The van der Waals surface area contributed by atoms with Gasteiger partial charge in [-0.1, -0.05) is 6.42 Å². The minimum absolute atomic E-state index is 0.403. The first kappa shape index (κ1) is 12.9. The predicted molar refractivity (Wildman–Crippen MR) is 82.1 cm³/mol. The molecule has 0 aromatic carbocycles. The van der Waals surface area contributed by atoms with Crippen molar-refractivity contribution in [3.63, 3.8) is 0 Å². The van der Waals surface area contributed by atoms with Crippen LogP contribution in [0.25, 0.3) is 5.65 Å². The fraction of sp³-hybridized carbons (Fsp3) is 0.400. The summed E-state index contributed by atoms with van der Waals surface area (Å²) in [7, 11) is 0. The molecule has 1 aliphatic rings. The Morgan fingerprint density at radius 3 is 3.19 bits per heavy atom. The fourth-order valence-corrected chi connectivity index (χ4v) is 3.67. The van der Waals surface area contributed by atoms with Gasteiger partial charge in [-0.15, -0.1) is 11.3 Å². The lowest BCUT2D eigenvalue weighted by Gasteiger charge is -2.34. The maximum Gasteiger partial charge on any atom is 0.155 e. The van der Waals surface area contributed by atoms with E-state index in [4.69, 9.17) is 4.98 Å². The van der Waals surface area contributed by atoms with Crippen molar-refractivity contribution in [2.45, 2.75) is 31.8 Å². The van der Waals surface area contributed by atoms with Gasteiger partial charge in [0, 0.05) is 29.9 Å². The minimum atomic E-state index is 0.403. The Morgan fingerprint density at radius 2 is 2.29 bits per heavy atom. The quantitative estimate of drug-likeness (QED) is 0.746. The average Bonchev–Trinajstić information content (AvgIpc) is 3.18. The van der Waals surface area contributed by atoms with Gasteiger partial charge in [0.25, 0.3) is 0 Å². The van der Waals surface area contributed by atoms with E-state index in [-0.39, 0.29) is 0 Å². The smallest absolute Gasteiger partial charge is 0.155 e. The molecule has 3 aromatic rings. The normalized spacial score (nSPS) is 20.1. The summed E-state index contributed by atoms with van der Waals surface area (Å²) in [5.74, 6) is 0. The van der Waals surface area contributed by atoms with E-state index in [1.54, 1.807) is 17.5 Å². The van der Waals surface area contributed by atoms with Crippen molar-refractivity contribution in [3.8, 4) is 0 Å². The van der Waals surface area contributed by atoms with Crippen LogP contribution < -0.4 is 0 Å².